The number of likely N-dealkylation sites (N-methyl/N-ethyl adjacent to an activating group) is 2. The second-order valence-corrected chi connectivity index (χ2v) is 6.97. The first-order valence-electron chi connectivity index (χ1n) is 8.44. The van der Waals surface area contributed by atoms with E-state index < -0.39 is 0 Å². The number of anilines is 1. The second kappa shape index (κ2) is 9.94. The van der Waals surface area contributed by atoms with Crippen molar-refractivity contribution in [2.75, 3.05) is 39.1 Å². The summed E-state index contributed by atoms with van der Waals surface area (Å²) in [5.41, 5.74) is 0.668. The Morgan fingerprint density at radius 3 is 2.65 bits per heavy atom. The highest BCUT2D eigenvalue weighted by Crippen LogP contribution is 2.16. The zero-order chi connectivity index (χ0) is 18.9. The SMILES string of the molecule is CCN(Cc1cccs1)C(=O)CN(C)CC(=O)Nc1cccc(OC)c1. The van der Waals surface area contributed by atoms with E-state index in [1.54, 1.807) is 47.4 Å². The minimum Gasteiger partial charge on any atom is -0.497 e. The van der Waals surface area contributed by atoms with Crippen LogP contribution in [0.5, 0.6) is 5.75 Å². The normalized spacial score (nSPS) is 10.6. The van der Waals surface area contributed by atoms with Crippen molar-refractivity contribution in [2.45, 2.75) is 13.5 Å². The third kappa shape index (κ3) is 6.16. The maximum absolute atomic E-state index is 12.5. The number of rotatable bonds is 9. The molecule has 0 spiro atoms. The van der Waals surface area contributed by atoms with Crippen LogP contribution in [0, 0.1) is 0 Å². The first-order chi connectivity index (χ1) is 12.5. The van der Waals surface area contributed by atoms with Gasteiger partial charge in [0, 0.05) is 23.2 Å². The molecule has 0 aliphatic rings. The summed E-state index contributed by atoms with van der Waals surface area (Å²) in [5.74, 6) is 0.519. The van der Waals surface area contributed by atoms with Gasteiger partial charge in [-0.15, -0.1) is 11.3 Å². The minimum absolute atomic E-state index is 0.0116. The van der Waals surface area contributed by atoms with E-state index in [0.29, 0.717) is 24.5 Å². The van der Waals surface area contributed by atoms with Gasteiger partial charge in [0.1, 0.15) is 5.75 Å². The summed E-state index contributed by atoms with van der Waals surface area (Å²) in [6.45, 7) is 3.54. The lowest BCUT2D eigenvalue weighted by atomic mass is 10.3. The van der Waals surface area contributed by atoms with E-state index in [0.717, 1.165) is 4.88 Å². The number of carbonyl (C=O) groups excluding carboxylic acids is 2. The topological polar surface area (TPSA) is 61.9 Å². The molecule has 0 atom stereocenters. The summed E-state index contributed by atoms with van der Waals surface area (Å²) in [7, 11) is 3.35. The number of thiophene rings is 1. The Morgan fingerprint density at radius 1 is 1.19 bits per heavy atom. The van der Waals surface area contributed by atoms with Crippen LogP contribution in [-0.4, -0.2) is 55.4 Å². The number of hydrogen-bond donors (Lipinski definition) is 1. The van der Waals surface area contributed by atoms with Crippen LogP contribution in [0.3, 0.4) is 0 Å². The highest BCUT2D eigenvalue weighted by Gasteiger charge is 2.16. The van der Waals surface area contributed by atoms with E-state index in [2.05, 4.69) is 5.32 Å². The average Bonchev–Trinajstić information content (AvgIpc) is 3.12. The lowest BCUT2D eigenvalue weighted by molar-refractivity contribution is -0.132. The Morgan fingerprint density at radius 2 is 2.00 bits per heavy atom. The molecule has 1 aromatic heterocycles. The van der Waals surface area contributed by atoms with Gasteiger partial charge in [-0.2, -0.15) is 0 Å². The summed E-state index contributed by atoms with van der Waals surface area (Å²) in [6, 6.07) is 11.2. The molecule has 0 aliphatic heterocycles. The van der Waals surface area contributed by atoms with Crippen molar-refractivity contribution in [3.05, 3.63) is 46.7 Å². The third-order valence-corrected chi connectivity index (χ3v) is 4.69. The molecule has 2 aromatic rings. The van der Waals surface area contributed by atoms with Crippen LogP contribution in [-0.2, 0) is 16.1 Å². The van der Waals surface area contributed by atoms with Crippen molar-refractivity contribution in [3.63, 3.8) is 0 Å². The maximum atomic E-state index is 12.5. The van der Waals surface area contributed by atoms with Crippen molar-refractivity contribution in [1.82, 2.24) is 9.80 Å². The van der Waals surface area contributed by atoms with Gasteiger partial charge in [0.25, 0.3) is 0 Å². The van der Waals surface area contributed by atoms with Crippen LogP contribution in [0.15, 0.2) is 41.8 Å². The number of benzene rings is 1. The number of ether oxygens (including phenoxy) is 1. The largest absolute Gasteiger partial charge is 0.497 e. The number of nitrogens with zero attached hydrogens (tertiary/aromatic N) is 2. The molecule has 2 amide bonds. The number of amides is 2. The fourth-order valence-electron chi connectivity index (χ4n) is 2.50. The van der Waals surface area contributed by atoms with Crippen molar-refractivity contribution in [1.29, 1.82) is 0 Å². The van der Waals surface area contributed by atoms with Crippen LogP contribution in [0.1, 0.15) is 11.8 Å². The first kappa shape index (κ1) is 19.9. The summed E-state index contributed by atoms with van der Waals surface area (Å²) in [4.78, 5) is 29.3. The third-order valence-electron chi connectivity index (χ3n) is 3.83. The maximum Gasteiger partial charge on any atom is 0.238 e. The van der Waals surface area contributed by atoms with Crippen LogP contribution >= 0.6 is 11.3 Å². The van der Waals surface area contributed by atoms with E-state index in [-0.39, 0.29) is 24.9 Å². The zero-order valence-corrected chi connectivity index (χ0v) is 16.2. The van der Waals surface area contributed by atoms with Crippen molar-refractivity contribution in [3.8, 4) is 5.75 Å². The van der Waals surface area contributed by atoms with Gasteiger partial charge in [-0.1, -0.05) is 12.1 Å². The average molecular weight is 375 g/mol. The highest BCUT2D eigenvalue weighted by molar-refractivity contribution is 7.09. The van der Waals surface area contributed by atoms with E-state index >= 15 is 0 Å². The van der Waals surface area contributed by atoms with Crippen molar-refractivity contribution in [2.24, 2.45) is 0 Å². The minimum atomic E-state index is -0.171. The van der Waals surface area contributed by atoms with Gasteiger partial charge >= 0.3 is 0 Å². The molecule has 1 aromatic carbocycles. The Labute approximate surface area is 158 Å². The number of methoxy groups -OCH3 is 1. The first-order valence-corrected chi connectivity index (χ1v) is 9.32. The molecule has 0 bridgehead atoms. The molecule has 140 valence electrons. The molecule has 1 heterocycles. The van der Waals surface area contributed by atoms with Gasteiger partial charge in [-0.05, 0) is 37.6 Å². The van der Waals surface area contributed by atoms with Gasteiger partial charge in [0.2, 0.25) is 11.8 Å². The summed E-state index contributed by atoms with van der Waals surface area (Å²) in [5, 5.41) is 4.82. The molecular weight excluding hydrogens is 350 g/mol. The van der Waals surface area contributed by atoms with Crippen LogP contribution in [0.2, 0.25) is 0 Å². The zero-order valence-electron chi connectivity index (χ0n) is 15.4. The molecule has 0 radical (unpaired) electrons. The monoisotopic (exact) mass is 375 g/mol. The molecule has 0 fully saturated rings. The molecule has 1 N–H and O–H groups in total. The lowest BCUT2D eigenvalue weighted by Crippen LogP contribution is -2.41. The quantitative estimate of drug-likeness (QED) is 0.732. The standard InChI is InChI=1S/C19H25N3O3S/c1-4-22(12-17-9-6-10-26-17)19(24)14-21(2)13-18(23)20-15-7-5-8-16(11-15)25-3/h5-11H,4,12-14H2,1-3H3,(H,20,23). The van der Waals surface area contributed by atoms with Gasteiger partial charge in [-0.3, -0.25) is 14.5 Å². The summed E-state index contributed by atoms with van der Waals surface area (Å²) >= 11 is 1.64. The van der Waals surface area contributed by atoms with Gasteiger partial charge < -0.3 is 15.0 Å². The number of hydrogen-bond acceptors (Lipinski definition) is 5. The predicted molar refractivity (Wildman–Crippen MR) is 105 cm³/mol. The number of nitrogens with one attached hydrogen (secondary N) is 1. The smallest absolute Gasteiger partial charge is 0.238 e. The van der Waals surface area contributed by atoms with E-state index in [9.17, 15) is 9.59 Å². The van der Waals surface area contributed by atoms with Crippen LogP contribution in [0.25, 0.3) is 0 Å². The molecule has 0 saturated carbocycles. The van der Waals surface area contributed by atoms with Gasteiger partial charge in [-0.25, -0.2) is 0 Å². The molecular formula is C19H25N3O3S. The molecule has 0 aliphatic carbocycles. The molecule has 0 unspecified atom stereocenters. The van der Waals surface area contributed by atoms with Gasteiger partial charge in [0.05, 0.1) is 26.7 Å². The van der Waals surface area contributed by atoms with E-state index in [1.807, 2.05) is 36.6 Å². The molecule has 0 saturated heterocycles. The molecule has 6 nitrogen and oxygen atoms in total. The fourth-order valence-corrected chi connectivity index (χ4v) is 3.22. The fraction of sp³-hybridized carbons (Fsp3) is 0.368. The molecule has 26 heavy (non-hydrogen) atoms. The summed E-state index contributed by atoms with van der Waals surface area (Å²) in [6.07, 6.45) is 0. The summed E-state index contributed by atoms with van der Waals surface area (Å²) < 4.78 is 5.14. The Hall–Kier alpha value is -2.38. The Bertz CT molecular complexity index is 719. The van der Waals surface area contributed by atoms with Crippen molar-refractivity contribution >= 4 is 28.8 Å². The Kier molecular flexibility index (Phi) is 7.62. The van der Waals surface area contributed by atoms with E-state index in [1.165, 1.54) is 0 Å². The second-order valence-electron chi connectivity index (χ2n) is 5.94. The molecule has 7 heteroatoms. The van der Waals surface area contributed by atoms with E-state index in [4.69, 9.17) is 4.74 Å². The van der Waals surface area contributed by atoms with Crippen molar-refractivity contribution < 1.29 is 14.3 Å². The highest BCUT2D eigenvalue weighted by atomic mass is 32.1. The van der Waals surface area contributed by atoms with Crippen LogP contribution < -0.4 is 10.1 Å². The number of carbonyl (C=O) groups is 2. The van der Waals surface area contributed by atoms with Gasteiger partial charge in [0.15, 0.2) is 0 Å². The Balaban J connectivity index is 1.83. The predicted octanol–water partition coefficient (Wildman–Crippen LogP) is 2.68. The van der Waals surface area contributed by atoms with Crippen LogP contribution in [0.4, 0.5) is 5.69 Å². The lowest BCUT2D eigenvalue weighted by Gasteiger charge is -2.23. The molecule has 2 rings (SSSR count).